The fraction of sp³-hybridized carbons (Fsp3) is 0.286. The molecule has 3 heterocycles. The van der Waals surface area contributed by atoms with Crippen molar-refractivity contribution in [3.63, 3.8) is 0 Å². The first-order chi connectivity index (χ1) is 13.6. The van der Waals surface area contributed by atoms with Gasteiger partial charge in [0.25, 0.3) is 0 Å². The van der Waals surface area contributed by atoms with Gasteiger partial charge in [-0.15, -0.1) is 0 Å². The SMILES string of the molecule is CC1C=C(OC2CN(C(=O)Nc3cccnc3)C2)N=CC1c1cccc(O)c1. The van der Waals surface area contributed by atoms with Gasteiger partial charge in [-0.25, -0.2) is 9.79 Å². The van der Waals surface area contributed by atoms with Crippen LogP contribution in [0.3, 0.4) is 0 Å². The lowest BCUT2D eigenvalue weighted by Crippen LogP contribution is -2.56. The molecular formula is C21H22N4O3. The number of aromatic nitrogens is 1. The number of urea groups is 1. The number of hydrogen-bond donors (Lipinski definition) is 2. The second kappa shape index (κ2) is 7.72. The monoisotopic (exact) mass is 378 g/mol. The average Bonchev–Trinajstić information content (AvgIpc) is 2.65. The van der Waals surface area contributed by atoms with Gasteiger partial charge < -0.3 is 20.1 Å². The quantitative estimate of drug-likeness (QED) is 0.854. The molecule has 2 aliphatic rings. The van der Waals surface area contributed by atoms with Crippen molar-refractivity contribution in [1.82, 2.24) is 9.88 Å². The third-order valence-corrected chi connectivity index (χ3v) is 4.92. The van der Waals surface area contributed by atoms with E-state index in [1.54, 1.807) is 41.6 Å². The number of nitrogens with one attached hydrogen (secondary N) is 1. The number of phenols is 1. The van der Waals surface area contributed by atoms with Gasteiger partial charge in [-0.3, -0.25) is 4.98 Å². The fourth-order valence-corrected chi connectivity index (χ4v) is 3.34. The van der Waals surface area contributed by atoms with Crippen molar-refractivity contribution in [1.29, 1.82) is 0 Å². The van der Waals surface area contributed by atoms with Crippen molar-refractivity contribution in [2.75, 3.05) is 18.4 Å². The van der Waals surface area contributed by atoms with Crippen LogP contribution in [0.4, 0.5) is 10.5 Å². The number of phenolic OH excluding ortho intramolecular Hbond substituents is 1. The van der Waals surface area contributed by atoms with Gasteiger partial charge in [-0.2, -0.15) is 0 Å². The number of likely N-dealkylation sites (tertiary alicyclic amines) is 1. The molecule has 2 aliphatic heterocycles. The molecule has 28 heavy (non-hydrogen) atoms. The smallest absolute Gasteiger partial charge is 0.322 e. The molecule has 0 bridgehead atoms. The highest BCUT2D eigenvalue weighted by Gasteiger charge is 2.33. The minimum absolute atomic E-state index is 0.0624. The van der Waals surface area contributed by atoms with Crippen LogP contribution in [-0.4, -0.2) is 46.4 Å². The van der Waals surface area contributed by atoms with Gasteiger partial charge in [0.1, 0.15) is 11.9 Å². The lowest BCUT2D eigenvalue weighted by Gasteiger charge is -2.39. The summed E-state index contributed by atoms with van der Waals surface area (Å²) in [4.78, 5) is 22.3. The van der Waals surface area contributed by atoms with E-state index in [9.17, 15) is 9.90 Å². The van der Waals surface area contributed by atoms with E-state index in [1.165, 1.54) is 0 Å². The van der Waals surface area contributed by atoms with Crippen LogP contribution in [0.15, 0.2) is 65.7 Å². The number of pyridine rings is 1. The lowest BCUT2D eigenvalue weighted by molar-refractivity contribution is 0.00195. The predicted octanol–water partition coefficient (Wildman–Crippen LogP) is 3.37. The Hall–Kier alpha value is -3.35. The molecule has 0 aliphatic carbocycles. The first-order valence-corrected chi connectivity index (χ1v) is 9.26. The first-order valence-electron chi connectivity index (χ1n) is 9.26. The van der Waals surface area contributed by atoms with Gasteiger partial charge in [0, 0.05) is 18.3 Å². The number of amides is 2. The third kappa shape index (κ3) is 3.98. The topological polar surface area (TPSA) is 87.0 Å². The molecule has 1 fully saturated rings. The molecule has 2 amide bonds. The summed E-state index contributed by atoms with van der Waals surface area (Å²) in [5.74, 6) is 1.13. The van der Waals surface area contributed by atoms with Crippen LogP contribution >= 0.6 is 0 Å². The molecule has 2 N–H and O–H groups in total. The van der Waals surface area contributed by atoms with Crippen molar-refractivity contribution in [3.05, 3.63) is 66.3 Å². The van der Waals surface area contributed by atoms with Crippen LogP contribution in [0.5, 0.6) is 5.75 Å². The Labute approximate surface area is 163 Å². The summed E-state index contributed by atoms with van der Waals surface area (Å²) in [7, 11) is 0. The van der Waals surface area contributed by atoms with Crippen molar-refractivity contribution in [2.24, 2.45) is 10.9 Å². The standard InChI is InChI=1S/C21H22N4O3/c1-14-8-20(23-11-19(14)15-4-2-6-17(26)9-15)28-18-12-25(13-18)21(27)24-16-5-3-7-22-10-16/h2-11,14,18-19,26H,12-13H2,1H3,(H,24,27). The highest BCUT2D eigenvalue weighted by molar-refractivity contribution is 5.89. The molecule has 1 aromatic heterocycles. The van der Waals surface area contributed by atoms with Gasteiger partial charge in [-0.1, -0.05) is 19.1 Å². The number of hydrogen-bond acceptors (Lipinski definition) is 5. The number of allylic oxidation sites excluding steroid dienone is 1. The van der Waals surface area contributed by atoms with Crippen LogP contribution in [0.1, 0.15) is 18.4 Å². The van der Waals surface area contributed by atoms with Gasteiger partial charge in [0.2, 0.25) is 5.88 Å². The van der Waals surface area contributed by atoms with Crippen LogP contribution in [0.25, 0.3) is 0 Å². The maximum atomic E-state index is 12.2. The minimum Gasteiger partial charge on any atom is -0.508 e. The number of carbonyl (C=O) groups excluding carboxylic acids is 1. The van der Waals surface area contributed by atoms with Crippen molar-refractivity contribution >= 4 is 17.9 Å². The van der Waals surface area contributed by atoms with Gasteiger partial charge in [0.05, 0.1) is 25.0 Å². The molecule has 2 aromatic rings. The summed E-state index contributed by atoms with van der Waals surface area (Å²) in [6.07, 6.45) is 7.06. The zero-order valence-electron chi connectivity index (χ0n) is 15.5. The van der Waals surface area contributed by atoms with E-state index in [0.717, 1.165) is 5.56 Å². The molecule has 1 aromatic carbocycles. The number of benzene rings is 1. The Morgan fingerprint density at radius 3 is 2.86 bits per heavy atom. The van der Waals surface area contributed by atoms with E-state index in [4.69, 9.17) is 4.74 Å². The summed E-state index contributed by atoms with van der Waals surface area (Å²) < 4.78 is 5.92. The highest BCUT2D eigenvalue weighted by Crippen LogP contribution is 2.31. The van der Waals surface area contributed by atoms with Crippen molar-refractivity contribution in [2.45, 2.75) is 18.9 Å². The van der Waals surface area contributed by atoms with Crippen molar-refractivity contribution < 1.29 is 14.6 Å². The number of aromatic hydroxyl groups is 1. The van der Waals surface area contributed by atoms with E-state index in [1.807, 2.05) is 24.4 Å². The minimum atomic E-state index is -0.161. The third-order valence-electron chi connectivity index (χ3n) is 4.92. The molecule has 2 atom stereocenters. The van der Waals surface area contributed by atoms with E-state index in [0.29, 0.717) is 24.7 Å². The van der Waals surface area contributed by atoms with Crippen LogP contribution in [0, 0.1) is 5.92 Å². The molecule has 2 unspecified atom stereocenters. The van der Waals surface area contributed by atoms with Gasteiger partial charge >= 0.3 is 6.03 Å². The number of aliphatic imine (C=N–C) groups is 1. The van der Waals surface area contributed by atoms with E-state index >= 15 is 0 Å². The fourth-order valence-electron chi connectivity index (χ4n) is 3.34. The lowest BCUT2D eigenvalue weighted by atomic mass is 9.87. The zero-order chi connectivity index (χ0) is 19.5. The van der Waals surface area contributed by atoms with Gasteiger partial charge in [0.15, 0.2) is 0 Å². The molecule has 144 valence electrons. The van der Waals surface area contributed by atoms with E-state index in [-0.39, 0.29) is 29.7 Å². The molecule has 1 saturated heterocycles. The number of anilines is 1. The van der Waals surface area contributed by atoms with Crippen LogP contribution in [0.2, 0.25) is 0 Å². The molecular weight excluding hydrogens is 356 g/mol. The number of nitrogens with zero attached hydrogens (tertiary/aromatic N) is 3. The van der Waals surface area contributed by atoms with E-state index in [2.05, 4.69) is 22.2 Å². The molecule has 0 radical (unpaired) electrons. The number of ether oxygens (including phenoxy) is 1. The molecule has 7 heteroatoms. The Bertz CT molecular complexity index is 907. The number of rotatable bonds is 4. The highest BCUT2D eigenvalue weighted by atomic mass is 16.5. The zero-order valence-corrected chi connectivity index (χ0v) is 15.5. The summed E-state index contributed by atoms with van der Waals surface area (Å²) in [6, 6.07) is 10.6. The Morgan fingerprint density at radius 1 is 1.29 bits per heavy atom. The average molecular weight is 378 g/mol. The Morgan fingerprint density at radius 2 is 2.14 bits per heavy atom. The van der Waals surface area contributed by atoms with Gasteiger partial charge in [-0.05, 0) is 41.8 Å². The maximum absolute atomic E-state index is 12.2. The molecule has 0 spiro atoms. The first kappa shape index (κ1) is 18.0. The van der Waals surface area contributed by atoms with E-state index < -0.39 is 0 Å². The van der Waals surface area contributed by atoms with Crippen LogP contribution in [-0.2, 0) is 4.74 Å². The van der Waals surface area contributed by atoms with Crippen molar-refractivity contribution in [3.8, 4) is 5.75 Å². The normalized spacial score (nSPS) is 21.6. The number of carbonyl (C=O) groups is 1. The Kier molecular flexibility index (Phi) is 4.97. The molecule has 0 saturated carbocycles. The second-order valence-electron chi connectivity index (χ2n) is 7.08. The van der Waals surface area contributed by atoms with Crippen LogP contribution < -0.4 is 5.32 Å². The summed E-state index contributed by atoms with van der Waals surface area (Å²) >= 11 is 0. The second-order valence-corrected chi connectivity index (χ2v) is 7.08. The molecule has 7 nitrogen and oxygen atoms in total. The predicted molar refractivity (Wildman–Crippen MR) is 106 cm³/mol. The maximum Gasteiger partial charge on any atom is 0.322 e. The molecule has 4 rings (SSSR count). The Balaban J connectivity index is 1.28. The largest absolute Gasteiger partial charge is 0.508 e. The summed E-state index contributed by atoms with van der Waals surface area (Å²) in [6.45, 7) is 3.13. The summed E-state index contributed by atoms with van der Waals surface area (Å²) in [5, 5.41) is 12.5. The summed E-state index contributed by atoms with van der Waals surface area (Å²) in [5.41, 5.74) is 1.69.